The van der Waals surface area contributed by atoms with Gasteiger partial charge in [0.1, 0.15) is 5.01 Å². The lowest BCUT2D eigenvalue weighted by Gasteiger charge is -2.25. The molecule has 1 aliphatic heterocycles. The van der Waals surface area contributed by atoms with Gasteiger partial charge in [0.2, 0.25) is 11.0 Å². The molecule has 0 saturated carbocycles. The summed E-state index contributed by atoms with van der Waals surface area (Å²) in [4.78, 5) is 14.4. The first-order valence-electron chi connectivity index (χ1n) is 9.35. The Labute approximate surface area is 167 Å². The Morgan fingerprint density at radius 1 is 1.25 bits per heavy atom. The van der Waals surface area contributed by atoms with E-state index in [2.05, 4.69) is 37.8 Å². The highest BCUT2D eigenvalue weighted by atomic mass is 32.1. The number of benzene rings is 1. The predicted octanol–water partition coefficient (Wildman–Crippen LogP) is 3.01. The number of para-hydroxylation sites is 1. The molecule has 7 nitrogen and oxygen atoms in total. The second-order valence-electron chi connectivity index (χ2n) is 6.63. The van der Waals surface area contributed by atoms with Crippen molar-refractivity contribution in [1.29, 1.82) is 0 Å². The molecule has 0 atom stereocenters. The lowest BCUT2D eigenvalue weighted by atomic mass is 10.0. The highest BCUT2D eigenvalue weighted by molar-refractivity contribution is 7.15. The molecule has 28 heavy (non-hydrogen) atoms. The Hall–Kier alpha value is -2.84. The van der Waals surface area contributed by atoms with E-state index in [1.807, 2.05) is 48.1 Å². The number of aryl methyl sites for hydroxylation is 1. The standard InChI is InChI=1S/C20H22N6OS/c1-2-19-23-24-20(28-19)22-18(27)14-25-10-8-15(9-11-25)16-12-21-26(13-16)17-6-4-3-5-7-17/h3-8,12-13H,2,9-11,14H2,1H3,(H,22,24,27). The summed E-state index contributed by atoms with van der Waals surface area (Å²) in [5, 5.41) is 16.8. The number of nitrogens with zero attached hydrogens (tertiary/aromatic N) is 5. The van der Waals surface area contributed by atoms with E-state index in [1.165, 1.54) is 16.9 Å². The molecule has 0 spiro atoms. The zero-order valence-corrected chi connectivity index (χ0v) is 16.5. The van der Waals surface area contributed by atoms with Gasteiger partial charge >= 0.3 is 0 Å². The SMILES string of the molecule is CCc1nnc(NC(=O)CN2CC=C(c3cnn(-c4ccccc4)c3)CC2)s1. The van der Waals surface area contributed by atoms with Crippen molar-refractivity contribution in [2.45, 2.75) is 19.8 Å². The van der Waals surface area contributed by atoms with Crippen molar-refractivity contribution >= 4 is 27.9 Å². The van der Waals surface area contributed by atoms with Gasteiger partial charge in [0.05, 0.1) is 18.4 Å². The molecule has 1 aliphatic rings. The van der Waals surface area contributed by atoms with Gasteiger partial charge < -0.3 is 0 Å². The second kappa shape index (κ2) is 8.45. The fourth-order valence-electron chi connectivity index (χ4n) is 3.14. The maximum atomic E-state index is 12.2. The van der Waals surface area contributed by atoms with Crippen molar-refractivity contribution < 1.29 is 4.79 Å². The van der Waals surface area contributed by atoms with Crippen molar-refractivity contribution in [3.05, 3.63) is 59.4 Å². The Kier molecular flexibility index (Phi) is 5.59. The lowest BCUT2D eigenvalue weighted by molar-refractivity contribution is -0.117. The van der Waals surface area contributed by atoms with Gasteiger partial charge in [0.25, 0.3) is 0 Å². The summed E-state index contributed by atoms with van der Waals surface area (Å²) >= 11 is 1.43. The number of carbonyl (C=O) groups excluding carboxylic acids is 1. The van der Waals surface area contributed by atoms with Crippen LogP contribution in [0.2, 0.25) is 0 Å². The van der Waals surface area contributed by atoms with Gasteiger partial charge in [0.15, 0.2) is 0 Å². The van der Waals surface area contributed by atoms with Gasteiger partial charge in [-0.1, -0.05) is 42.5 Å². The zero-order valence-electron chi connectivity index (χ0n) is 15.7. The number of aromatic nitrogens is 4. The summed E-state index contributed by atoms with van der Waals surface area (Å²) in [6, 6.07) is 10.1. The van der Waals surface area contributed by atoms with E-state index in [0.29, 0.717) is 11.7 Å². The third-order valence-corrected chi connectivity index (χ3v) is 5.63. The van der Waals surface area contributed by atoms with Crippen LogP contribution in [-0.2, 0) is 11.2 Å². The smallest absolute Gasteiger partial charge is 0.240 e. The molecular formula is C20H22N6OS. The molecule has 0 unspecified atom stereocenters. The molecule has 1 aromatic carbocycles. The van der Waals surface area contributed by atoms with Crippen molar-refractivity contribution in [1.82, 2.24) is 24.9 Å². The Balaban J connectivity index is 1.33. The molecule has 1 amide bonds. The molecule has 8 heteroatoms. The molecule has 4 rings (SSSR count). The largest absolute Gasteiger partial charge is 0.299 e. The number of hydrogen-bond donors (Lipinski definition) is 1. The van der Waals surface area contributed by atoms with Crippen LogP contribution in [0.15, 0.2) is 48.8 Å². The number of anilines is 1. The minimum atomic E-state index is -0.0486. The monoisotopic (exact) mass is 394 g/mol. The van der Waals surface area contributed by atoms with Crippen LogP contribution >= 0.6 is 11.3 Å². The van der Waals surface area contributed by atoms with Gasteiger partial charge in [0, 0.05) is 24.8 Å². The first-order chi connectivity index (χ1) is 13.7. The molecule has 0 saturated heterocycles. The van der Waals surface area contributed by atoms with E-state index in [9.17, 15) is 4.79 Å². The van der Waals surface area contributed by atoms with Crippen LogP contribution in [0.5, 0.6) is 0 Å². The summed E-state index contributed by atoms with van der Waals surface area (Å²) in [7, 11) is 0. The van der Waals surface area contributed by atoms with Gasteiger partial charge in [-0.05, 0) is 30.5 Å². The Morgan fingerprint density at radius 2 is 2.11 bits per heavy atom. The topological polar surface area (TPSA) is 75.9 Å². The summed E-state index contributed by atoms with van der Waals surface area (Å²) in [6.45, 7) is 3.96. The molecule has 0 fully saturated rings. The molecule has 0 bridgehead atoms. The third-order valence-electron chi connectivity index (χ3n) is 4.65. The molecule has 3 heterocycles. The van der Waals surface area contributed by atoms with E-state index in [1.54, 1.807) is 0 Å². The number of hydrogen-bond acceptors (Lipinski definition) is 6. The van der Waals surface area contributed by atoms with Gasteiger partial charge in [-0.15, -0.1) is 10.2 Å². The van der Waals surface area contributed by atoms with Gasteiger partial charge in [-0.3, -0.25) is 15.0 Å². The number of carbonyl (C=O) groups is 1. The molecule has 3 aromatic rings. The molecule has 1 N–H and O–H groups in total. The van der Waals surface area contributed by atoms with Crippen LogP contribution in [0.25, 0.3) is 11.3 Å². The molecule has 0 aliphatic carbocycles. The predicted molar refractivity (Wildman–Crippen MR) is 111 cm³/mol. The molecule has 144 valence electrons. The van der Waals surface area contributed by atoms with Crippen LogP contribution in [0.4, 0.5) is 5.13 Å². The fourth-order valence-corrected chi connectivity index (χ4v) is 3.83. The highest BCUT2D eigenvalue weighted by Crippen LogP contribution is 2.23. The van der Waals surface area contributed by atoms with E-state index < -0.39 is 0 Å². The van der Waals surface area contributed by atoms with Crippen molar-refractivity contribution in [3.8, 4) is 5.69 Å². The average molecular weight is 395 g/mol. The van der Waals surface area contributed by atoms with Crippen LogP contribution in [0, 0.1) is 0 Å². The molecular weight excluding hydrogens is 372 g/mol. The van der Waals surface area contributed by atoms with Crippen LogP contribution < -0.4 is 5.32 Å². The van der Waals surface area contributed by atoms with Gasteiger partial charge in [-0.25, -0.2) is 4.68 Å². The second-order valence-corrected chi connectivity index (χ2v) is 7.69. The van der Waals surface area contributed by atoms with E-state index in [4.69, 9.17) is 0 Å². The van der Waals surface area contributed by atoms with E-state index in [0.717, 1.165) is 42.2 Å². The Bertz CT molecular complexity index is 978. The summed E-state index contributed by atoms with van der Waals surface area (Å²) in [6.07, 6.45) is 7.87. The van der Waals surface area contributed by atoms with Crippen molar-refractivity contribution in [3.63, 3.8) is 0 Å². The summed E-state index contributed by atoms with van der Waals surface area (Å²) in [5.74, 6) is -0.0486. The third kappa shape index (κ3) is 4.35. The normalized spacial score (nSPS) is 14.7. The first-order valence-corrected chi connectivity index (χ1v) is 10.2. The molecule has 2 aromatic heterocycles. The van der Waals surface area contributed by atoms with Gasteiger partial charge in [-0.2, -0.15) is 5.10 Å². The van der Waals surface area contributed by atoms with E-state index in [-0.39, 0.29) is 5.91 Å². The van der Waals surface area contributed by atoms with Crippen molar-refractivity contribution in [2.75, 3.05) is 25.0 Å². The quantitative estimate of drug-likeness (QED) is 0.696. The maximum Gasteiger partial charge on any atom is 0.240 e. The Morgan fingerprint density at radius 3 is 2.82 bits per heavy atom. The van der Waals surface area contributed by atoms with Crippen molar-refractivity contribution in [2.24, 2.45) is 0 Å². The van der Waals surface area contributed by atoms with E-state index >= 15 is 0 Å². The highest BCUT2D eigenvalue weighted by Gasteiger charge is 2.17. The molecule has 0 radical (unpaired) electrons. The van der Waals surface area contributed by atoms with Crippen LogP contribution in [0.1, 0.15) is 23.9 Å². The van der Waals surface area contributed by atoms with Crippen LogP contribution in [0.3, 0.4) is 0 Å². The summed E-state index contributed by atoms with van der Waals surface area (Å²) < 4.78 is 1.89. The lowest BCUT2D eigenvalue weighted by Crippen LogP contribution is -2.36. The average Bonchev–Trinajstić information content (AvgIpc) is 3.39. The minimum absolute atomic E-state index is 0.0486. The van der Waals surface area contributed by atoms with Crippen LogP contribution in [-0.4, -0.2) is 50.4 Å². The maximum absolute atomic E-state index is 12.2. The number of nitrogens with one attached hydrogen (secondary N) is 1. The number of amides is 1. The summed E-state index contributed by atoms with van der Waals surface area (Å²) in [5.41, 5.74) is 3.45. The minimum Gasteiger partial charge on any atom is -0.299 e. The number of rotatable bonds is 6. The fraction of sp³-hybridized carbons (Fsp3) is 0.300. The zero-order chi connectivity index (χ0) is 19.3. The first kappa shape index (κ1) is 18.5.